The SMILES string of the molecule is Brc1ccc2c(c1)C(n1ccnc1)CCC2. The molecule has 3 rings (SSSR count). The molecule has 16 heavy (non-hydrogen) atoms. The van der Waals surface area contributed by atoms with Crippen LogP contribution in [-0.2, 0) is 6.42 Å². The molecule has 0 bridgehead atoms. The van der Waals surface area contributed by atoms with Crippen molar-refractivity contribution in [2.45, 2.75) is 25.3 Å². The molecule has 0 saturated carbocycles. The maximum Gasteiger partial charge on any atom is 0.0951 e. The van der Waals surface area contributed by atoms with Gasteiger partial charge in [-0.1, -0.05) is 22.0 Å². The number of fused-ring (bicyclic) bond motifs is 1. The molecule has 1 atom stereocenters. The quantitative estimate of drug-likeness (QED) is 0.779. The summed E-state index contributed by atoms with van der Waals surface area (Å²) in [6, 6.07) is 7.08. The lowest BCUT2D eigenvalue weighted by molar-refractivity contribution is 0.489. The number of nitrogens with zero attached hydrogens (tertiary/aromatic N) is 2. The van der Waals surface area contributed by atoms with E-state index in [9.17, 15) is 0 Å². The molecular weight excluding hydrogens is 264 g/mol. The van der Waals surface area contributed by atoms with E-state index in [1.165, 1.54) is 34.9 Å². The average Bonchev–Trinajstić information content (AvgIpc) is 2.81. The summed E-state index contributed by atoms with van der Waals surface area (Å²) in [5, 5.41) is 0. The number of benzene rings is 1. The highest BCUT2D eigenvalue weighted by Gasteiger charge is 2.21. The minimum atomic E-state index is 0.462. The zero-order chi connectivity index (χ0) is 11.0. The van der Waals surface area contributed by atoms with Crippen LogP contribution < -0.4 is 0 Å². The van der Waals surface area contributed by atoms with Gasteiger partial charge >= 0.3 is 0 Å². The van der Waals surface area contributed by atoms with Gasteiger partial charge in [0.05, 0.1) is 12.4 Å². The summed E-state index contributed by atoms with van der Waals surface area (Å²) < 4.78 is 3.38. The Morgan fingerprint density at radius 3 is 3.12 bits per heavy atom. The highest BCUT2D eigenvalue weighted by atomic mass is 79.9. The van der Waals surface area contributed by atoms with Crippen molar-refractivity contribution in [3.63, 3.8) is 0 Å². The predicted octanol–water partition coefficient (Wildman–Crippen LogP) is 3.57. The van der Waals surface area contributed by atoms with Crippen LogP contribution in [0.1, 0.15) is 30.0 Å². The van der Waals surface area contributed by atoms with Crippen molar-refractivity contribution < 1.29 is 0 Å². The number of aromatic nitrogens is 2. The lowest BCUT2D eigenvalue weighted by atomic mass is 9.87. The summed E-state index contributed by atoms with van der Waals surface area (Å²) >= 11 is 3.56. The first kappa shape index (κ1) is 10.1. The fraction of sp³-hybridized carbons (Fsp3) is 0.308. The molecule has 0 fully saturated rings. The second-order valence-electron chi connectivity index (χ2n) is 4.26. The average molecular weight is 277 g/mol. The van der Waals surface area contributed by atoms with E-state index >= 15 is 0 Å². The van der Waals surface area contributed by atoms with Gasteiger partial charge in [-0.2, -0.15) is 0 Å². The standard InChI is InChI=1S/C13H13BrN2/c14-11-5-4-10-2-1-3-13(12(10)8-11)16-7-6-15-9-16/h4-9,13H,1-3H2. The summed E-state index contributed by atoms with van der Waals surface area (Å²) in [6.07, 6.45) is 9.50. The highest BCUT2D eigenvalue weighted by molar-refractivity contribution is 9.10. The molecule has 0 amide bonds. The van der Waals surface area contributed by atoms with Crippen LogP contribution in [0, 0.1) is 0 Å². The van der Waals surface area contributed by atoms with Gasteiger partial charge in [0, 0.05) is 16.9 Å². The molecule has 1 aliphatic rings. The van der Waals surface area contributed by atoms with Gasteiger partial charge in [0.1, 0.15) is 0 Å². The van der Waals surface area contributed by atoms with E-state index in [0.29, 0.717) is 6.04 Å². The first-order chi connectivity index (χ1) is 7.84. The van der Waals surface area contributed by atoms with Crippen LogP contribution in [-0.4, -0.2) is 9.55 Å². The Hall–Kier alpha value is -1.09. The Balaban J connectivity index is 2.08. The molecule has 0 saturated heterocycles. The molecule has 0 aliphatic heterocycles. The Morgan fingerprint density at radius 2 is 2.31 bits per heavy atom. The number of rotatable bonds is 1. The largest absolute Gasteiger partial charge is 0.330 e. The smallest absolute Gasteiger partial charge is 0.0951 e. The minimum absolute atomic E-state index is 0.462. The molecule has 82 valence electrons. The van der Waals surface area contributed by atoms with Gasteiger partial charge in [-0.3, -0.25) is 0 Å². The fourth-order valence-electron chi connectivity index (χ4n) is 2.51. The van der Waals surface area contributed by atoms with Crippen LogP contribution in [0.5, 0.6) is 0 Å². The van der Waals surface area contributed by atoms with Crippen molar-refractivity contribution in [2.24, 2.45) is 0 Å². The maximum absolute atomic E-state index is 4.14. The van der Waals surface area contributed by atoms with Gasteiger partial charge < -0.3 is 4.57 Å². The second-order valence-corrected chi connectivity index (χ2v) is 5.18. The molecule has 1 heterocycles. The van der Waals surface area contributed by atoms with E-state index in [4.69, 9.17) is 0 Å². The summed E-state index contributed by atoms with van der Waals surface area (Å²) in [5.74, 6) is 0. The van der Waals surface area contributed by atoms with Crippen LogP contribution >= 0.6 is 15.9 Å². The molecule has 1 aromatic carbocycles. The second kappa shape index (κ2) is 4.06. The summed E-state index contributed by atoms with van der Waals surface area (Å²) in [4.78, 5) is 4.14. The van der Waals surface area contributed by atoms with Gasteiger partial charge in [0.2, 0.25) is 0 Å². The lowest BCUT2D eigenvalue weighted by Gasteiger charge is -2.26. The van der Waals surface area contributed by atoms with Crippen LogP contribution in [0.25, 0.3) is 0 Å². The number of halogens is 1. The minimum Gasteiger partial charge on any atom is -0.330 e. The maximum atomic E-state index is 4.14. The van der Waals surface area contributed by atoms with Crippen molar-refractivity contribution >= 4 is 15.9 Å². The van der Waals surface area contributed by atoms with E-state index in [1.54, 1.807) is 0 Å². The third-order valence-corrected chi connectivity index (χ3v) is 3.77. The van der Waals surface area contributed by atoms with E-state index in [2.05, 4.69) is 49.9 Å². The number of aryl methyl sites for hydroxylation is 1. The summed E-state index contributed by atoms with van der Waals surface area (Å²) in [5.41, 5.74) is 2.92. The van der Waals surface area contributed by atoms with E-state index in [-0.39, 0.29) is 0 Å². The van der Waals surface area contributed by atoms with E-state index < -0.39 is 0 Å². The van der Waals surface area contributed by atoms with Crippen LogP contribution in [0.3, 0.4) is 0 Å². The molecule has 2 nitrogen and oxygen atoms in total. The molecule has 1 aromatic heterocycles. The Morgan fingerprint density at radius 1 is 1.38 bits per heavy atom. The number of hydrogen-bond acceptors (Lipinski definition) is 1. The van der Waals surface area contributed by atoms with Crippen molar-refractivity contribution in [3.8, 4) is 0 Å². The highest BCUT2D eigenvalue weighted by Crippen LogP contribution is 2.34. The predicted molar refractivity (Wildman–Crippen MR) is 67.4 cm³/mol. The first-order valence-corrected chi connectivity index (χ1v) is 6.39. The monoisotopic (exact) mass is 276 g/mol. The third-order valence-electron chi connectivity index (χ3n) is 3.28. The van der Waals surface area contributed by atoms with Gasteiger partial charge in [-0.25, -0.2) is 4.98 Å². The number of imidazole rings is 1. The normalized spacial score (nSPS) is 19.4. The van der Waals surface area contributed by atoms with Crippen LogP contribution in [0.4, 0.5) is 0 Å². The first-order valence-electron chi connectivity index (χ1n) is 5.60. The van der Waals surface area contributed by atoms with E-state index in [1.807, 2.05) is 12.5 Å². The van der Waals surface area contributed by atoms with E-state index in [0.717, 1.165) is 0 Å². The Labute approximate surface area is 103 Å². The molecule has 3 heteroatoms. The van der Waals surface area contributed by atoms with Crippen molar-refractivity contribution in [2.75, 3.05) is 0 Å². The fourth-order valence-corrected chi connectivity index (χ4v) is 2.89. The molecule has 0 N–H and O–H groups in total. The Bertz CT molecular complexity index is 491. The summed E-state index contributed by atoms with van der Waals surface area (Å²) in [7, 11) is 0. The zero-order valence-corrected chi connectivity index (χ0v) is 10.5. The van der Waals surface area contributed by atoms with Crippen molar-refractivity contribution in [3.05, 3.63) is 52.5 Å². The number of hydrogen-bond donors (Lipinski definition) is 0. The van der Waals surface area contributed by atoms with Crippen molar-refractivity contribution in [1.29, 1.82) is 0 Å². The summed E-state index contributed by atoms with van der Waals surface area (Å²) in [6.45, 7) is 0. The van der Waals surface area contributed by atoms with Crippen LogP contribution in [0.2, 0.25) is 0 Å². The van der Waals surface area contributed by atoms with Gasteiger partial charge in [0.15, 0.2) is 0 Å². The molecule has 1 aliphatic carbocycles. The Kier molecular flexibility index (Phi) is 2.56. The lowest BCUT2D eigenvalue weighted by Crippen LogP contribution is -2.16. The third kappa shape index (κ3) is 1.69. The zero-order valence-electron chi connectivity index (χ0n) is 8.94. The van der Waals surface area contributed by atoms with Gasteiger partial charge in [-0.15, -0.1) is 0 Å². The van der Waals surface area contributed by atoms with Gasteiger partial charge in [-0.05, 0) is 42.5 Å². The molecule has 0 radical (unpaired) electrons. The molecule has 2 aromatic rings. The van der Waals surface area contributed by atoms with Gasteiger partial charge in [0.25, 0.3) is 0 Å². The molecular formula is C13H13BrN2. The topological polar surface area (TPSA) is 17.8 Å². The van der Waals surface area contributed by atoms with Crippen LogP contribution in [0.15, 0.2) is 41.4 Å². The van der Waals surface area contributed by atoms with Crippen molar-refractivity contribution in [1.82, 2.24) is 9.55 Å². The molecule has 0 spiro atoms. The molecule has 1 unspecified atom stereocenters.